The Balaban J connectivity index is 1.32. The van der Waals surface area contributed by atoms with Crippen molar-refractivity contribution in [3.63, 3.8) is 0 Å². The average molecular weight is 335 g/mol. The number of benzene rings is 1. The zero-order valence-electron chi connectivity index (χ0n) is 14.2. The highest BCUT2D eigenvalue weighted by Gasteiger charge is 2.25. The molecule has 5 heteroatoms. The molecule has 1 saturated heterocycles. The number of nitrogens with one attached hydrogen (secondary N) is 2. The number of pyridine rings is 1. The molecule has 0 spiro atoms. The van der Waals surface area contributed by atoms with Gasteiger partial charge in [0.25, 0.3) is 5.82 Å². The molecule has 3 aromatic rings. The van der Waals surface area contributed by atoms with Crippen molar-refractivity contribution >= 4 is 22.6 Å². The van der Waals surface area contributed by atoms with Crippen molar-refractivity contribution in [1.29, 1.82) is 0 Å². The lowest BCUT2D eigenvalue weighted by Crippen LogP contribution is -2.50. The van der Waals surface area contributed by atoms with Crippen LogP contribution >= 0.6 is 0 Å². The van der Waals surface area contributed by atoms with Crippen LogP contribution in [0.15, 0.2) is 54.9 Å². The van der Waals surface area contributed by atoms with E-state index in [9.17, 15) is 4.79 Å². The summed E-state index contributed by atoms with van der Waals surface area (Å²) in [5, 5.41) is 1.22. The highest BCUT2D eigenvalue weighted by atomic mass is 16.2. The minimum absolute atomic E-state index is 0.252. The van der Waals surface area contributed by atoms with Crippen molar-refractivity contribution in [2.45, 2.75) is 12.8 Å². The maximum atomic E-state index is 12.6. The van der Waals surface area contributed by atoms with Gasteiger partial charge >= 0.3 is 0 Å². The van der Waals surface area contributed by atoms with Crippen molar-refractivity contribution in [1.82, 2.24) is 9.88 Å². The van der Waals surface area contributed by atoms with Crippen LogP contribution in [0.3, 0.4) is 0 Å². The Bertz CT molecular complexity index is 850. The molecule has 3 heterocycles. The van der Waals surface area contributed by atoms with E-state index in [1.165, 1.54) is 10.9 Å². The predicted molar refractivity (Wildman–Crippen MR) is 98.4 cm³/mol. The van der Waals surface area contributed by atoms with Gasteiger partial charge in [0, 0.05) is 29.6 Å². The maximum absolute atomic E-state index is 12.6. The van der Waals surface area contributed by atoms with Crippen LogP contribution in [-0.4, -0.2) is 42.0 Å². The van der Waals surface area contributed by atoms with Crippen LogP contribution in [0.5, 0.6) is 0 Å². The van der Waals surface area contributed by atoms with Gasteiger partial charge in [-0.15, -0.1) is 0 Å². The summed E-state index contributed by atoms with van der Waals surface area (Å²) in [4.78, 5) is 23.4. The second-order valence-electron chi connectivity index (χ2n) is 6.48. The molecule has 128 valence electrons. The first kappa shape index (κ1) is 15.7. The number of nitrogens with zero attached hydrogens (tertiary/aromatic N) is 2. The number of carbonyl (C=O) groups is 1. The number of para-hydroxylation sites is 1. The molecule has 4 rings (SSSR count). The van der Waals surface area contributed by atoms with Gasteiger partial charge in [-0.1, -0.05) is 24.3 Å². The van der Waals surface area contributed by atoms with Gasteiger partial charge in [-0.2, -0.15) is 0 Å². The van der Waals surface area contributed by atoms with Gasteiger partial charge in [0.15, 0.2) is 0 Å². The number of fused-ring (bicyclic) bond motifs is 1. The molecule has 0 bridgehead atoms. The van der Waals surface area contributed by atoms with Crippen LogP contribution in [0.25, 0.3) is 10.9 Å². The molecule has 1 aliphatic rings. The van der Waals surface area contributed by atoms with Gasteiger partial charge in [0.05, 0.1) is 19.3 Å². The van der Waals surface area contributed by atoms with Crippen molar-refractivity contribution < 1.29 is 9.78 Å². The fourth-order valence-corrected chi connectivity index (χ4v) is 3.52. The highest BCUT2D eigenvalue weighted by molar-refractivity contribution is 5.84. The Labute approximate surface area is 147 Å². The Morgan fingerprint density at radius 1 is 1.04 bits per heavy atom. The van der Waals surface area contributed by atoms with Crippen molar-refractivity contribution in [3.05, 3.63) is 60.4 Å². The molecule has 1 fully saturated rings. The number of piperazine rings is 1. The van der Waals surface area contributed by atoms with E-state index in [0.717, 1.165) is 43.9 Å². The van der Waals surface area contributed by atoms with E-state index in [1.807, 2.05) is 41.6 Å². The minimum Gasteiger partial charge on any atom is -0.361 e. The molecular formula is C20H23N4O+. The van der Waals surface area contributed by atoms with Gasteiger partial charge < -0.3 is 9.88 Å². The third-order valence-electron chi connectivity index (χ3n) is 4.95. The minimum atomic E-state index is 0.252. The molecule has 1 aliphatic heterocycles. The topological polar surface area (TPSA) is 53.5 Å². The van der Waals surface area contributed by atoms with E-state index in [-0.39, 0.29) is 5.91 Å². The van der Waals surface area contributed by atoms with E-state index >= 15 is 0 Å². The van der Waals surface area contributed by atoms with Crippen molar-refractivity contribution in [2.75, 3.05) is 31.1 Å². The maximum Gasteiger partial charge on any atom is 0.274 e. The lowest BCUT2D eigenvalue weighted by Gasteiger charge is -2.31. The average Bonchev–Trinajstić information content (AvgIpc) is 3.10. The van der Waals surface area contributed by atoms with E-state index < -0.39 is 0 Å². The molecule has 1 aromatic carbocycles. The lowest BCUT2D eigenvalue weighted by atomic mass is 10.1. The summed E-state index contributed by atoms with van der Waals surface area (Å²) >= 11 is 0. The third kappa shape index (κ3) is 3.36. The van der Waals surface area contributed by atoms with E-state index in [0.29, 0.717) is 6.42 Å². The normalized spacial score (nSPS) is 14.9. The molecule has 1 amide bonds. The first-order chi connectivity index (χ1) is 12.3. The SMILES string of the molecule is O=C(CCc1c[nH]c2ccccc12)N1CCN(c2cccc[nH+]2)CC1. The Kier molecular flexibility index (Phi) is 4.37. The van der Waals surface area contributed by atoms with Crippen LogP contribution in [0, 0.1) is 0 Å². The molecule has 25 heavy (non-hydrogen) atoms. The molecule has 5 nitrogen and oxygen atoms in total. The standard InChI is InChI=1S/C20H22N4O/c25-20(9-8-16-15-22-18-6-2-1-5-17(16)18)24-13-11-23(12-14-24)19-7-3-4-10-21-19/h1-7,10,15,22H,8-9,11-14H2/p+1. The molecule has 2 aromatic heterocycles. The van der Waals surface area contributed by atoms with Crippen LogP contribution in [0.1, 0.15) is 12.0 Å². The number of aryl methyl sites for hydroxylation is 1. The first-order valence-corrected chi connectivity index (χ1v) is 8.86. The number of amides is 1. The molecule has 0 atom stereocenters. The Morgan fingerprint density at radius 2 is 1.84 bits per heavy atom. The number of H-pyrrole nitrogens is 2. The summed E-state index contributed by atoms with van der Waals surface area (Å²) in [6, 6.07) is 14.3. The lowest BCUT2D eigenvalue weighted by molar-refractivity contribution is -0.364. The van der Waals surface area contributed by atoms with Crippen molar-refractivity contribution in [3.8, 4) is 0 Å². The summed E-state index contributed by atoms with van der Waals surface area (Å²) < 4.78 is 0. The van der Waals surface area contributed by atoms with Crippen molar-refractivity contribution in [2.24, 2.45) is 0 Å². The van der Waals surface area contributed by atoms with Gasteiger partial charge in [0.2, 0.25) is 5.91 Å². The summed E-state index contributed by atoms with van der Waals surface area (Å²) in [7, 11) is 0. The monoisotopic (exact) mass is 335 g/mol. The number of carbonyl (C=O) groups excluding carboxylic acids is 1. The van der Waals surface area contributed by atoms with Crippen LogP contribution in [0.4, 0.5) is 5.82 Å². The largest absolute Gasteiger partial charge is 0.361 e. The first-order valence-electron chi connectivity index (χ1n) is 8.86. The molecule has 2 N–H and O–H groups in total. The zero-order chi connectivity index (χ0) is 17.1. The zero-order valence-corrected chi connectivity index (χ0v) is 14.2. The number of anilines is 1. The molecule has 0 radical (unpaired) electrons. The fourth-order valence-electron chi connectivity index (χ4n) is 3.52. The van der Waals surface area contributed by atoms with Gasteiger partial charge in [-0.25, -0.2) is 4.98 Å². The Hall–Kier alpha value is -2.82. The molecule has 0 unspecified atom stereocenters. The van der Waals surface area contributed by atoms with E-state index in [2.05, 4.69) is 33.1 Å². The fraction of sp³-hybridized carbons (Fsp3) is 0.300. The number of rotatable bonds is 4. The highest BCUT2D eigenvalue weighted by Crippen LogP contribution is 2.19. The summed E-state index contributed by atoms with van der Waals surface area (Å²) in [5.74, 6) is 1.37. The van der Waals surface area contributed by atoms with E-state index in [1.54, 1.807) is 0 Å². The molecule has 0 aliphatic carbocycles. The summed E-state index contributed by atoms with van der Waals surface area (Å²) in [5.41, 5.74) is 2.36. The number of hydrogen-bond acceptors (Lipinski definition) is 2. The van der Waals surface area contributed by atoms with Gasteiger partial charge in [-0.3, -0.25) is 9.69 Å². The van der Waals surface area contributed by atoms with E-state index in [4.69, 9.17) is 0 Å². The molecular weight excluding hydrogens is 312 g/mol. The second-order valence-corrected chi connectivity index (χ2v) is 6.48. The smallest absolute Gasteiger partial charge is 0.274 e. The number of aromatic nitrogens is 2. The number of hydrogen-bond donors (Lipinski definition) is 1. The predicted octanol–water partition coefficient (Wildman–Crippen LogP) is 2.26. The van der Waals surface area contributed by atoms with Gasteiger partial charge in [-0.05, 0) is 24.1 Å². The summed E-state index contributed by atoms with van der Waals surface area (Å²) in [6.07, 6.45) is 5.32. The Morgan fingerprint density at radius 3 is 2.64 bits per heavy atom. The van der Waals surface area contributed by atoms with Crippen LogP contribution < -0.4 is 9.88 Å². The van der Waals surface area contributed by atoms with Crippen LogP contribution in [0.2, 0.25) is 0 Å². The second kappa shape index (κ2) is 6.97. The summed E-state index contributed by atoms with van der Waals surface area (Å²) in [6.45, 7) is 3.32. The van der Waals surface area contributed by atoms with Crippen LogP contribution in [-0.2, 0) is 11.2 Å². The van der Waals surface area contributed by atoms with Gasteiger partial charge in [0.1, 0.15) is 13.1 Å². The quantitative estimate of drug-likeness (QED) is 0.795. The third-order valence-corrected chi connectivity index (χ3v) is 4.95. The number of aromatic amines is 2. The molecule has 0 saturated carbocycles.